The largest absolute Gasteiger partial charge is 0.288 e. The third kappa shape index (κ3) is 6.36. The summed E-state index contributed by atoms with van der Waals surface area (Å²) in [6.45, 7) is 2.18. The molecule has 0 aromatic rings. The summed E-state index contributed by atoms with van der Waals surface area (Å²) >= 11 is 1.48. The van der Waals surface area contributed by atoms with Gasteiger partial charge < -0.3 is 0 Å². The van der Waals surface area contributed by atoms with Gasteiger partial charge in [-0.15, -0.1) is 11.2 Å². The highest BCUT2D eigenvalue weighted by molar-refractivity contribution is 8.31. The minimum Gasteiger partial charge on any atom is -0.288 e. The van der Waals surface area contributed by atoms with Crippen molar-refractivity contribution < 1.29 is 4.79 Å². The maximum atomic E-state index is 10.8. The second-order valence-electron chi connectivity index (χ2n) is 2.39. The van der Waals surface area contributed by atoms with Crippen LogP contribution < -0.4 is 0 Å². The summed E-state index contributed by atoms with van der Waals surface area (Å²) in [5.41, 5.74) is 0. The average molecular weight is 176 g/mol. The van der Waals surface area contributed by atoms with Crippen molar-refractivity contribution >= 4 is 25.7 Å². The van der Waals surface area contributed by atoms with Gasteiger partial charge in [-0.1, -0.05) is 26.2 Å². The fraction of sp³-hybridized carbons (Fsp3) is 0.857. The highest BCUT2D eigenvalue weighted by atomic mass is 32.4. The van der Waals surface area contributed by atoms with Gasteiger partial charge in [0.1, 0.15) is 0 Å². The smallest absolute Gasteiger partial charge is 0.182 e. The van der Waals surface area contributed by atoms with E-state index in [9.17, 15) is 4.79 Å². The molecule has 0 fully saturated rings. The van der Waals surface area contributed by atoms with E-state index in [2.05, 4.69) is 6.92 Å². The summed E-state index contributed by atoms with van der Waals surface area (Å²) in [6, 6.07) is 0. The molecule has 0 heterocycles. The van der Waals surface area contributed by atoms with Crippen molar-refractivity contribution in [2.45, 2.75) is 39.0 Å². The lowest BCUT2D eigenvalue weighted by atomic mass is 10.2. The molecule has 0 rings (SSSR count). The molecule has 0 unspecified atom stereocenters. The van der Waals surface area contributed by atoms with Crippen molar-refractivity contribution in [2.75, 3.05) is 0 Å². The SMILES string of the molecule is CCCCCCC(=O)S[SiH3]. The van der Waals surface area contributed by atoms with Gasteiger partial charge in [0.15, 0.2) is 5.12 Å². The number of unbranched alkanes of at least 4 members (excludes halogenated alkanes) is 3. The topological polar surface area (TPSA) is 17.1 Å². The Balaban J connectivity index is 2.96. The van der Waals surface area contributed by atoms with Gasteiger partial charge in [-0.2, -0.15) is 0 Å². The van der Waals surface area contributed by atoms with Gasteiger partial charge >= 0.3 is 0 Å². The molecule has 0 aliphatic carbocycles. The molecule has 0 radical (unpaired) electrons. The Kier molecular flexibility index (Phi) is 7.52. The molecule has 60 valence electrons. The van der Waals surface area contributed by atoms with Gasteiger partial charge in [-0.3, -0.25) is 4.79 Å². The van der Waals surface area contributed by atoms with E-state index in [0.29, 0.717) is 5.12 Å². The van der Waals surface area contributed by atoms with Crippen LogP contribution in [0, 0.1) is 0 Å². The second-order valence-corrected chi connectivity index (χ2v) is 4.48. The first-order valence-corrected chi connectivity index (χ1v) is 7.55. The summed E-state index contributed by atoms with van der Waals surface area (Å²) in [5, 5.41) is 0.391. The van der Waals surface area contributed by atoms with E-state index in [4.69, 9.17) is 0 Å². The zero-order chi connectivity index (χ0) is 7.82. The van der Waals surface area contributed by atoms with Gasteiger partial charge in [-0.05, 0) is 6.42 Å². The first-order valence-electron chi connectivity index (χ1n) is 3.88. The molecule has 0 spiro atoms. The van der Waals surface area contributed by atoms with Crippen LogP contribution in [0.1, 0.15) is 39.0 Å². The fourth-order valence-corrected chi connectivity index (χ4v) is 1.76. The highest BCUT2D eigenvalue weighted by Crippen LogP contribution is 2.06. The van der Waals surface area contributed by atoms with Gasteiger partial charge in [0.2, 0.25) is 0 Å². The van der Waals surface area contributed by atoms with E-state index < -0.39 is 0 Å². The van der Waals surface area contributed by atoms with Crippen LogP contribution in [0.5, 0.6) is 0 Å². The van der Waals surface area contributed by atoms with E-state index >= 15 is 0 Å². The number of hydrogen-bond acceptors (Lipinski definition) is 2. The predicted molar refractivity (Wildman–Crippen MR) is 51.3 cm³/mol. The molecule has 0 aromatic heterocycles. The number of carbonyl (C=O) groups is 1. The maximum absolute atomic E-state index is 10.8. The van der Waals surface area contributed by atoms with Gasteiger partial charge in [-0.25, -0.2) is 0 Å². The molecule has 0 aliphatic rings. The van der Waals surface area contributed by atoms with Gasteiger partial charge in [0.05, 0.1) is 9.39 Å². The zero-order valence-corrected chi connectivity index (χ0v) is 9.67. The summed E-state index contributed by atoms with van der Waals surface area (Å²) < 4.78 is 0. The van der Waals surface area contributed by atoms with E-state index in [0.717, 1.165) is 22.2 Å². The molecule has 0 atom stereocenters. The quantitative estimate of drug-likeness (QED) is 0.466. The van der Waals surface area contributed by atoms with Crippen LogP contribution in [0.15, 0.2) is 0 Å². The van der Waals surface area contributed by atoms with E-state index in [1.165, 1.54) is 30.5 Å². The van der Waals surface area contributed by atoms with Gasteiger partial charge in [0.25, 0.3) is 0 Å². The summed E-state index contributed by atoms with van der Waals surface area (Å²) in [6.07, 6.45) is 5.65. The molecule has 0 aromatic carbocycles. The van der Waals surface area contributed by atoms with Gasteiger partial charge in [0, 0.05) is 6.42 Å². The van der Waals surface area contributed by atoms with Crippen LogP contribution in [-0.4, -0.2) is 14.5 Å². The lowest BCUT2D eigenvalue weighted by Gasteiger charge is -1.95. The van der Waals surface area contributed by atoms with Crippen molar-refractivity contribution in [1.82, 2.24) is 0 Å². The summed E-state index contributed by atoms with van der Waals surface area (Å²) in [4.78, 5) is 10.8. The van der Waals surface area contributed by atoms with E-state index in [-0.39, 0.29) is 0 Å². The number of rotatable bonds is 5. The Bertz CT molecular complexity index is 95.6. The molecule has 0 N–H and O–H groups in total. The average Bonchev–Trinajstić information content (AvgIpc) is 1.98. The molecule has 0 bridgehead atoms. The van der Waals surface area contributed by atoms with Crippen molar-refractivity contribution in [3.05, 3.63) is 0 Å². The van der Waals surface area contributed by atoms with E-state index in [1.807, 2.05) is 0 Å². The molecule has 3 heteroatoms. The number of carbonyl (C=O) groups excluding carboxylic acids is 1. The van der Waals surface area contributed by atoms with Crippen LogP contribution in [0.2, 0.25) is 0 Å². The Hall–Kier alpha value is 0.237. The molecule has 0 aliphatic heterocycles. The Labute approximate surface area is 70.0 Å². The van der Waals surface area contributed by atoms with E-state index in [1.54, 1.807) is 0 Å². The monoisotopic (exact) mass is 176 g/mol. The first kappa shape index (κ1) is 10.2. The molecular formula is C7H16OSSi. The molecule has 0 saturated heterocycles. The number of hydrogen-bond donors (Lipinski definition) is 0. The Morgan fingerprint density at radius 2 is 2.10 bits per heavy atom. The standard InChI is InChI=1S/C7H16OSSi/c1-2-3-4-5-6-7(8)9-10/h2-6H2,1,10H3. The first-order chi connectivity index (χ1) is 4.81. The lowest BCUT2D eigenvalue weighted by molar-refractivity contribution is -0.110. The van der Waals surface area contributed by atoms with Crippen molar-refractivity contribution in [3.8, 4) is 0 Å². The second kappa shape index (κ2) is 7.35. The summed E-state index contributed by atoms with van der Waals surface area (Å²) in [5.74, 6) is 0. The third-order valence-electron chi connectivity index (χ3n) is 1.46. The van der Waals surface area contributed by atoms with Crippen LogP contribution in [0.4, 0.5) is 0 Å². The molecule has 10 heavy (non-hydrogen) atoms. The molecule has 0 amide bonds. The predicted octanol–water partition coefficient (Wildman–Crippen LogP) is 1.50. The molecular weight excluding hydrogens is 160 g/mol. The molecule has 0 saturated carbocycles. The highest BCUT2D eigenvalue weighted by Gasteiger charge is 1.96. The van der Waals surface area contributed by atoms with Crippen molar-refractivity contribution in [3.63, 3.8) is 0 Å². The van der Waals surface area contributed by atoms with Crippen LogP contribution >= 0.6 is 11.2 Å². The third-order valence-corrected chi connectivity index (χ3v) is 3.49. The zero-order valence-electron chi connectivity index (χ0n) is 6.85. The van der Waals surface area contributed by atoms with Crippen LogP contribution in [0.25, 0.3) is 0 Å². The van der Waals surface area contributed by atoms with Crippen LogP contribution in [0.3, 0.4) is 0 Å². The van der Waals surface area contributed by atoms with Crippen molar-refractivity contribution in [2.24, 2.45) is 0 Å². The maximum Gasteiger partial charge on any atom is 0.182 e. The molecule has 1 nitrogen and oxygen atoms in total. The summed E-state index contributed by atoms with van der Waals surface area (Å²) in [7, 11) is 0.959. The van der Waals surface area contributed by atoms with Crippen LogP contribution in [-0.2, 0) is 4.79 Å². The fourth-order valence-electron chi connectivity index (χ4n) is 0.798. The normalized spacial score (nSPS) is 10.1. The lowest BCUT2D eigenvalue weighted by Crippen LogP contribution is -1.89. The van der Waals surface area contributed by atoms with Crippen molar-refractivity contribution in [1.29, 1.82) is 0 Å². The Morgan fingerprint density at radius 3 is 2.60 bits per heavy atom. The minimum atomic E-state index is 0.391. The Morgan fingerprint density at radius 1 is 1.40 bits per heavy atom. The minimum absolute atomic E-state index is 0.391.